The van der Waals surface area contributed by atoms with Gasteiger partial charge in [-0.1, -0.05) is 0 Å². The summed E-state index contributed by atoms with van der Waals surface area (Å²) in [4.78, 5) is 44.4. The van der Waals surface area contributed by atoms with E-state index in [9.17, 15) is 37.7 Å². The lowest BCUT2D eigenvalue weighted by Crippen LogP contribution is -2.52. The van der Waals surface area contributed by atoms with E-state index >= 15 is 0 Å². The highest BCUT2D eigenvalue weighted by atomic mass is 19.4. The van der Waals surface area contributed by atoms with Gasteiger partial charge in [0.15, 0.2) is 0 Å². The number of halogens is 3. The smallest absolute Gasteiger partial charge is 0.343 e. The summed E-state index contributed by atoms with van der Waals surface area (Å²) >= 11 is 0. The van der Waals surface area contributed by atoms with Crippen LogP contribution in [0.1, 0.15) is 13.8 Å². The Bertz CT molecular complexity index is 706. The Morgan fingerprint density at radius 2 is 1.50 bits per heavy atom. The van der Waals surface area contributed by atoms with Crippen molar-refractivity contribution in [1.82, 2.24) is 10.6 Å². The molecule has 0 saturated heterocycles. The second kappa shape index (κ2) is 8.27. The van der Waals surface area contributed by atoms with E-state index in [1.54, 1.807) is 0 Å². The van der Waals surface area contributed by atoms with Crippen LogP contribution < -0.4 is 16.0 Å². The third-order valence-electron chi connectivity index (χ3n) is 3.10. The first-order valence-corrected chi connectivity index (χ1v) is 7.15. The standard InChI is InChI=1S/C14H15F3N4O5/c1-7(18-11(22)8(2)19-13(24)14(15,16)17)12(23)20-9-3-5-10(6-4-9)21(25)26/h3-8H,1-2H3,(H,18,22)(H,19,24)(H,20,23)/t7-,8-/m0/s1. The summed E-state index contributed by atoms with van der Waals surface area (Å²) < 4.78 is 36.4. The largest absolute Gasteiger partial charge is 0.471 e. The molecule has 2 atom stereocenters. The first-order chi connectivity index (χ1) is 11.9. The highest BCUT2D eigenvalue weighted by Crippen LogP contribution is 2.16. The van der Waals surface area contributed by atoms with E-state index in [2.05, 4.69) is 10.6 Å². The topological polar surface area (TPSA) is 130 Å². The quantitative estimate of drug-likeness (QED) is 0.506. The monoisotopic (exact) mass is 376 g/mol. The Labute approximate surface area is 145 Å². The van der Waals surface area contributed by atoms with Gasteiger partial charge in [-0.3, -0.25) is 24.5 Å². The average molecular weight is 376 g/mol. The number of nitro benzene ring substituents is 1. The fourth-order valence-electron chi connectivity index (χ4n) is 1.66. The second-order valence-corrected chi connectivity index (χ2v) is 5.22. The van der Waals surface area contributed by atoms with Crippen LogP contribution in [-0.2, 0) is 14.4 Å². The molecule has 142 valence electrons. The van der Waals surface area contributed by atoms with Crippen molar-refractivity contribution < 1.29 is 32.5 Å². The lowest BCUT2D eigenvalue weighted by Gasteiger charge is -2.18. The predicted octanol–water partition coefficient (Wildman–Crippen LogP) is 1.10. The summed E-state index contributed by atoms with van der Waals surface area (Å²) in [7, 11) is 0. The molecule has 0 fully saturated rings. The normalized spacial score (nSPS) is 13.3. The molecule has 0 radical (unpaired) electrons. The molecular formula is C14H15F3N4O5. The molecule has 0 aromatic heterocycles. The highest BCUT2D eigenvalue weighted by molar-refractivity contribution is 5.98. The summed E-state index contributed by atoms with van der Waals surface area (Å²) in [5, 5.41) is 16.5. The minimum atomic E-state index is -5.13. The third-order valence-corrected chi connectivity index (χ3v) is 3.10. The Kier molecular flexibility index (Phi) is 6.64. The summed E-state index contributed by atoms with van der Waals surface area (Å²) in [6.45, 7) is 2.30. The predicted molar refractivity (Wildman–Crippen MR) is 83.0 cm³/mol. The molecule has 0 aliphatic carbocycles. The molecule has 0 unspecified atom stereocenters. The van der Waals surface area contributed by atoms with E-state index in [1.807, 2.05) is 0 Å². The molecule has 9 nitrogen and oxygen atoms in total. The van der Waals surface area contributed by atoms with Crippen LogP contribution in [0.3, 0.4) is 0 Å². The number of carbonyl (C=O) groups excluding carboxylic acids is 3. The van der Waals surface area contributed by atoms with Crippen LogP contribution in [0, 0.1) is 10.1 Å². The first kappa shape index (κ1) is 20.9. The molecule has 0 saturated carbocycles. The molecule has 0 bridgehead atoms. The molecule has 0 aliphatic heterocycles. The van der Waals surface area contributed by atoms with Crippen LogP contribution in [0.25, 0.3) is 0 Å². The molecule has 12 heteroatoms. The van der Waals surface area contributed by atoms with Gasteiger partial charge in [-0.15, -0.1) is 0 Å². The van der Waals surface area contributed by atoms with Crippen molar-refractivity contribution in [3.63, 3.8) is 0 Å². The van der Waals surface area contributed by atoms with Crippen LogP contribution in [0.4, 0.5) is 24.5 Å². The number of hydrogen-bond acceptors (Lipinski definition) is 5. The van der Waals surface area contributed by atoms with Crippen LogP contribution in [0.5, 0.6) is 0 Å². The van der Waals surface area contributed by atoms with Crippen molar-refractivity contribution in [1.29, 1.82) is 0 Å². The number of carbonyl (C=O) groups is 3. The van der Waals surface area contributed by atoms with Gasteiger partial charge in [-0.05, 0) is 26.0 Å². The summed E-state index contributed by atoms with van der Waals surface area (Å²) in [6.07, 6.45) is -5.13. The van der Waals surface area contributed by atoms with Gasteiger partial charge in [0.05, 0.1) is 4.92 Å². The van der Waals surface area contributed by atoms with E-state index in [-0.39, 0.29) is 11.4 Å². The van der Waals surface area contributed by atoms with Crippen LogP contribution in [0.2, 0.25) is 0 Å². The van der Waals surface area contributed by atoms with Crippen LogP contribution in [-0.4, -0.2) is 40.9 Å². The SMILES string of the molecule is C[C@H](NC(=O)[C@H](C)NC(=O)C(F)(F)F)C(=O)Nc1ccc([N+](=O)[O-])cc1. The number of rotatable bonds is 6. The van der Waals surface area contributed by atoms with Gasteiger partial charge in [-0.2, -0.15) is 13.2 Å². The average Bonchev–Trinajstić information content (AvgIpc) is 2.54. The zero-order chi connectivity index (χ0) is 20.1. The minimum Gasteiger partial charge on any atom is -0.343 e. The van der Waals surface area contributed by atoms with E-state index in [0.29, 0.717) is 0 Å². The summed E-state index contributed by atoms with van der Waals surface area (Å²) in [6, 6.07) is 2.22. The number of nitrogens with zero attached hydrogens (tertiary/aromatic N) is 1. The lowest BCUT2D eigenvalue weighted by molar-refractivity contribution is -0.384. The second-order valence-electron chi connectivity index (χ2n) is 5.22. The fourth-order valence-corrected chi connectivity index (χ4v) is 1.66. The number of anilines is 1. The molecule has 0 spiro atoms. The molecule has 3 N–H and O–H groups in total. The van der Waals surface area contributed by atoms with Gasteiger partial charge in [-0.25, -0.2) is 0 Å². The number of hydrogen-bond donors (Lipinski definition) is 3. The van der Waals surface area contributed by atoms with Gasteiger partial charge < -0.3 is 16.0 Å². The van der Waals surface area contributed by atoms with E-state index in [4.69, 9.17) is 0 Å². The maximum Gasteiger partial charge on any atom is 0.471 e. The summed E-state index contributed by atoms with van der Waals surface area (Å²) in [5.74, 6) is -3.97. The van der Waals surface area contributed by atoms with Crippen molar-refractivity contribution in [3.05, 3.63) is 34.4 Å². The van der Waals surface area contributed by atoms with Crippen molar-refractivity contribution in [3.8, 4) is 0 Å². The van der Waals surface area contributed by atoms with Gasteiger partial charge in [0.25, 0.3) is 5.69 Å². The first-order valence-electron chi connectivity index (χ1n) is 7.15. The van der Waals surface area contributed by atoms with E-state index < -0.39 is 40.9 Å². The number of alkyl halides is 3. The number of nitro groups is 1. The van der Waals surface area contributed by atoms with Gasteiger partial charge >= 0.3 is 12.1 Å². The fraction of sp³-hybridized carbons (Fsp3) is 0.357. The Morgan fingerprint density at radius 3 is 1.96 bits per heavy atom. The zero-order valence-corrected chi connectivity index (χ0v) is 13.6. The van der Waals surface area contributed by atoms with E-state index in [0.717, 1.165) is 19.1 Å². The maximum atomic E-state index is 12.1. The third kappa shape index (κ3) is 6.03. The number of benzene rings is 1. The lowest BCUT2D eigenvalue weighted by atomic mass is 10.2. The van der Waals surface area contributed by atoms with Gasteiger partial charge in [0, 0.05) is 17.8 Å². The Balaban J connectivity index is 2.59. The Morgan fingerprint density at radius 1 is 1.00 bits per heavy atom. The number of nitrogens with one attached hydrogen (secondary N) is 3. The molecule has 26 heavy (non-hydrogen) atoms. The maximum absolute atomic E-state index is 12.1. The number of amides is 3. The molecule has 0 aliphatic rings. The van der Waals surface area contributed by atoms with Crippen molar-refractivity contribution >= 4 is 29.1 Å². The molecule has 1 aromatic carbocycles. The minimum absolute atomic E-state index is 0.182. The Hall–Kier alpha value is -3.18. The summed E-state index contributed by atoms with van der Waals surface area (Å²) in [5.41, 5.74) is 0.0405. The molecule has 1 aromatic rings. The molecule has 0 heterocycles. The number of non-ortho nitro benzene ring substituents is 1. The van der Waals surface area contributed by atoms with Crippen molar-refractivity contribution in [2.24, 2.45) is 0 Å². The van der Waals surface area contributed by atoms with E-state index in [1.165, 1.54) is 24.4 Å². The zero-order valence-electron chi connectivity index (χ0n) is 13.6. The van der Waals surface area contributed by atoms with Gasteiger partial charge in [0.1, 0.15) is 12.1 Å². The molecule has 1 rings (SSSR count). The molecular weight excluding hydrogens is 361 g/mol. The van der Waals surface area contributed by atoms with Crippen molar-refractivity contribution in [2.45, 2.75) is 32.1 Å². The van der Waals surface area contributed by atoms with Crippen LogP contribution >= 0.6 is 0 Å². The van der Waals surface area contributed by atoms with Crippen LogP contribution in [0.15, 0.2) is 24.3 Å². The van der Waals surface area contributed by atoms with Gasteiger partial charge in [0.2, 0.25) is 11.8 Å². The van der Waals surface area contributed by atoms with Crippen molar-refractivity contribution in [2.75, 3.05) is 5.32 Å². The highest BCUT2D eigenvalue weighted by Gasteiger charge is 2.40. The molecule has 3 amide bonds.